The van der Waals surface area contributed by atoms with E-state index in [1.807, 2.05) is 24.3 Å². The van der Waals surface area contributed by atoms with Crippen molar-refractivity contribution in [3.63, 3.8) is 0 Å². The third kappa shape index (κ3) is 6.00. The summed E-state index contributed by atoms with van der Waals surface area (Å²) in [6.45, 7) is 7.82. The van der Waals surface area contributed by atoms with E-state index in [4.69, 9.17) is 9.47 Å². The number of aryl methyl sites for hydroxylation is 1. The van der Waals surface area contributed by atoms with E-state index in [-0.39, 0.29) is 37.4 Å². The standard InChI is InChI=1S/C27H33N3O5/c1-3-5-20-6-9-22(10-7-20)34-18-24(31)21-8-11-25-23(16-21)30(27(33)19-35-25)17-26(32)29-14-12-28(4-2)13-15-29/h6-11,16H,3-5,12-15,17-19H2,1-2H3. The molecule has 2 amide bonds. The van der Waals surface area contributed by atoms with Gasteiger partial charge in [0.1, 0.15) is 18.0 Å². The molecule has 35 heavy (non-hydrogen) atoms. The van der Waals surface area contributed by atoms with Crippen LogP contribution in [0.2, 0.25) is 0 Å². The minimum Gasteiger partial charge on any atom is -0.485 e. The van der Waals surface area contributed by atoms with Crippen LogP contribution in [0.25, 0.3) is 0 Å². The van der Waals surface area contributed by atoms with E-state index in [0.29, 0.717) is 35.8 Å². The van der Waals surface area contributed by atoms with Gasteiger partial charge in [-0.3, -0.25) is 19.3 Å². The first kappa shape index (κ1) is 24.7. The van der Waals surface area contributed by atoms with Crippen LogP contribution in [-0.4, -0.2) is 79.9 Å². The van der Waals surface area contributed by atoms with E-state index in [1.54, 1.807) is 23.1 Å². The van der Waals surface area contributed by atoms with Crippen molar-refractivity contribution < 1.29 is 23.9 Å². The molecule has 2 aromatic carbocycles. The number of benzene rings is 2. The number of ether oxygens (including phenoxy) is 2. The molecule has 8 heteroatoms. The Hall–Kier alpha value is -3.39. The minimum atomic E-state index is -0.300. The van der Waals surface area contributed by atoms with Crippen molar-refractivity contribution in [3.05, 3.63) is 53.6 Å². The highest BCUT2D eigenvalue weighted by Gasteiger charge is 2.30. The summed E-state index contributed by atoms with van der Waals surface area (Å²) in [6.07, 6.45) is 2.07. The molecule has 1 saturated heterocycles. The number of carbonyl (C=O) groups is 3. The predicted octanol–water partition coefficient (Wildman–Crippen LogP) is 2.79. The Bertz CT molecular complexity index is 1060. The third-order valence-electron chi connectivity index (χ3n) is 6.52. The van der Waals surface area contributed by atoms with Crippen LogP contribution in [0.3, 0.4) is 0 Å². The maximum atomic E-state index is 12.9. The Morgan fingerprint density at radius 1 is 1.00 bits per heavy atom. The van der Waals surface area contributed by atoms with Crippen molar-refractivity contribution in [1.82, 2.24) is 9.80 Å². The maximum absolute atomic E-state index is 12.9. The molecule has 8 nitrogen and oxygen atoms in total. The molecule has 0 N–H and O–H groups in total. The van der Waals surface area contributed by atoms with Crippen molar-refractivity contribution in [2.24, 2.45) is 0 Å². The molecule has 2 aliphatic heterocycles. The first-order valence-corrected chi connectivity index (χ1v) is 12.3. The Morgan fingerprint density at radius 2 is 1.74 bits per heavy atom. The van der Waals surface area contributed by atoms with Crippen molar-refractivity contribution in [1.29, 1.82) is 0 Å². The van der Waals surface area contributed by atoms with E-state index < -0.39 is 0 Å². The molecule has 0 unspecified atom stereocenters. The van der Waals surface area contributed by atoms with Crippen molar-refractivity contribution in [3.8, 4) is 11.5 Å². The van der Waals surface area contributed by atoms with Crippen molar-refractivity contribution in [2.75, 3.05) is 57.4 Å². The summed E-state index contributed by atoms with van der Waals surface area (Å²) in [5.74, 6) is 0.493. The van der Waals surface area contributed by atoms with Crippen LogP contribution in [-0.2, 0) is 16.0 Å². The van der Waals surface area contributed by atoms with Crippen LogP contribution >= 0.6 is 0 Å². The molecule has 0 spiro atoms. The number of amides is 2. The van der Waals surface area contributed by atoms with E-state index in [1.165, 1.54) is 10.5 Å². The number of hydrogen-bond donors (Lipinski definition) is 0. The number of fused-ring (bicyclic) bond motifs is 1. The summed E-state index contributed by atoms with van der Waals surface area (Å²) in [5, 5.41) is 0. The summed E-state index contributed by atoms with van der Waals surface area (Å²) in [5.41, 5.74) is 2.07. The van der Waals surface area contributed by atoms with E-state index in [2.05, 4.69) is 18.7 Å². The smallest absolute Gasteiger partial charge is 0.265 e. The van der Waals surface area contributed by atoms with Crippen molar-refractivity contribution in [2.45, 2.75) is 26.7 Å². The molecule has 0 bridgehead atoms. The number of carbonyl (C=O) groups excluding carboxylic acids is 3. The zero-order valence-electron chi connectivity index (χ0n) is 20.5. The molecule has 0 radical (unpaired) electrons. The fourth-order valence-electron chi connectivity index (χ4n) is 4.37. The van der Waals surface area contributed by atoms with Gasteiger partial charge in [-0.1, -0.05) is 32.4 Å². The topological polar surface area (TPSA) is 79.4 Å². The van der Waals surface area contributed by atoms with Crippen LogP contribution in [0, 0.1) is 0 Å². The van der Waals surface area contributed by atoms with Gasteiger partial charge in [0.25, 0.3) is 5.91 Å². The number of hydrogen-bond acceptors (Lipinski definition) is 6. The van der Waals surface area contributed by atoms with Crippen LogP contribution in [0.5, 0.6) is 11.5 Å². The molecular formula is C27H33N3O5. The number of nitrogens with zero attached hydrogens (tertiary/aromatic N) is 3. The summed E-state index contributed by atoms with van der Waals surface area (Å²) in [4.78, 5) is 44.0. The number of rotatable bonds is 9. The minimum absolute atomic E-state index is 0.0699. The fraction of sp³-hybridized carbons (Fsp3) is 0.444. The van der Waals surface area contributed by atoms with Gasteiger partial charge in [0.2, 0.25) is 5.91 Å². The molecule has 2 heterocycles. The second kappa shape index (κ2) is 11.4. The quantitative estimate of drug-likeness (QED) is 0.515. The average Bonchev–Trinajstić information content (AvgIpc) is 2.89. The highest BCUT2D eigenvalue weighted by molar-refractivity contribution is 6.04. The summed E-state index contributed by atoms with van der Waals surface area (Å²) < 4.78 is 11.2. The lowest BCUT2D eigenvalue weighted by Crippen LogP contribution is -2.52. The molecule has 4 rings (SSSR count). The first-order chi connectivity index (χ1) is 17.0. The average molecular weight is 480 g/mol. The second-order valence-electron chi connectivity index (χ2n) is 8.87. The van der Waals surface area contributed by atoms with Crippen LogP contribution < -0.4 is 14.4 Å². The zero-order valence-corrected chi connectivity index (χ0v) is 20.5. The van der Waals surface area contributed by atoms with Gasteiger partial charge in [-0.15, -0.1) is 0 Å². The number of likely N-dealkylation sites (N-methyl/N-ethyl adjacent to an activating group) is 1. The van der Waals surface area contributed by atoms with Gasteiger partial charge in [0.15, 0.2) is 19.0 Å². The third-order valence-corrected chi connectivity index (χ3v) is 6.52. The number of ketones is 1. The molecular weight excluding hydrogens is 446 g/mol. The highest BCUT2D eigenvalue weighted by atomic mass is 16.5. The number of Topliss-reactive ketones (excluding diaryl/α,β-unsaturated/α-hetero) is 1. The molecule has 0 aliphatic carbocycles. The van der Waals surface area contributed by atoms with Gasteiger partial charge in [0, 0.05) is 31.7 Å². The van der Waals surface area contributed by atoms with E-state index in [0.717, 1.165) is 32.5 Å². The first-order valence-electron chi connectivity index (χ1n) is 12.3. The molecule has 0 aromatic heterocycles. The van der Waals surface area contributed by atoms with E-state index >= 15 is 0 Å². The maximum Gasteiger partial charge on any atom is 0.265 e. The van der Waals surface area contributed by atoms with Gasteiger partial charge in [0.05, 0.1) is 5.69 Å². The highest BCUT2D eigenvalue weighted by Crippen LogP contribution is 2.33. The Kier molecular flexibility index (Phi) is 8.02. The summed E-state index contributed by atoms with van der Waals surface area (Å²) in [7, 11) is 0. The molecule has 2 aromatic rings. The molecule has 2 aliphatic rings. The van der Waals surface area contributed by atoms with Gasteiger partial charge < -0.3 is 19.3 Å². The van der Waals surface area contributed by atoms with Crippen molar-refractivity contribution >= 4 is 23.3 Å². The second-order valence-corrected chi connectivity index (χ2v) is 8.87. The SMILES string of the molecule is CCCc1ccc(OCC(=O)c2ccc3c(c2)N(CC(=O)N2CCN(CC)CC2)C(=O)CO3)cc1. The number of piperazine rings is 1. The Balaban J connectivity index is 1.42. The van der Waals surface area contributed by atoms with Crippen LogP contribution in [0.4, 0.5) is 5.69 Å². The Labute approximate surface area is 206 Å². The van der Waals surface area contributed by atoms with Gasteiger partial charge in [-0.25, -0.2) is 0 Å². The largest absolute Gasteiger partial charge is 0.485 e. The summed E-state index contributed by atoms with van der Waals surface area (Å²) >= 11 is 0. The monoisotopic (exact) mass is 479 g/mol. The molecule has 1 fully saturated rings. The Morgan fingerprint density at radius 3 is 2.43 bits per heavy atom. The summed E-state index contributed by atoms with van der Waals surface area (Å²) in [6, 6.07) is 12.7. The van der Waals surface area contributed by atoms with E-state index in [9.17, 15) is 14.4 Å². The number of anilines is 1. The normalized spacial score (nSPS) is 16.0. The molecule has 0 atom stereocenters. The van der Waals surface area contributed by atoms with Crippen LogP contribution in [0.15, 0.2) is 42.5 Å². The molecule has 186 valence electrons. The van der Waals surface area contributed by atoms with Gasteiger partial charge in [-0.2, -0.15) is 0 Å². The van der Waals surface area contributed by atoms with Crippen LogP contribution in [0.1, 0.15) is 36.2 Å². The molecule has 0 saturated carbocycles. The zero-order chi connectivity index (χ0) is 24.8. The fourth-order valence-corrected chi connectivity index (χ4v) is 4.37. The lowest BCUT2D eigenvalue weighted by atomic mass is 10.1. The predicted molar refractivity (Wildman–Crippen MR) is 133 cm³/mol. The van der Waals surface area contributed by atoms with Gasteiger partial charge >= 0.3 is 0 Å². The van der Waals surface area contributed by atoms with Gasteiger partial charge in [-0.05, 0) is 48.9 Å². The lowest BCUT2D eigenvalue weighted by molar-refractivity contribution is -0.133. The lowest BCUT2D eigenvalue weighted by Gasteiger charge is -2.36.